The van der Waals surface area contributed by atoms with E-state index in [2.05, 4.69) is 86.6 Å². The van der Waals surface area contributed by atoms with Crippen LogP contribution in [0.25, 0.3) is 0 Å². The fourth-order valence-corrected chi connectivity index (χ4v) is 6.57. The fraction of sp³-hybridized carbons (Fsp3) is 0.429. The van der Waals surface area contributed by atoms with Crippen molar-refractivity contribution in [1.29, 1.82) is 0 Å². The highest BCUT2D eigenvalue weighted by atomic mass is 35.5. The Morgan fingerprint density at radius 2 is 0.640 bits per heavy atom. The standard InChI is InChI=1S/C42H50Cl2O6/c1-3-19-47-39-31-9-5-10-32(39)28-36-14-8-16-38(42(36)50-26-24-46-22-18-44)30-34-12-6-11-33(40(34)48-20-4-2)29-37-15-7-13-35(27-31)41(37)49-25-23-45-21-17-43/h5-16H,3-4,17-30H2,1-2H3. The summed E-state index contributed by atoms with van der Waals surface area (Å²) in [6, 6.07) is 25.8. The molecular weight excluding hydrogens is 671 g/mol. The van der Waals surface area contributed by atoms with Gasteiger partial charge in [0.25, 0.3) is 0 Å². The van der Waals surface area contributed by atoms with Crippen LogP contribution in [-0.4, -0.2) is 64.6 Å². The zero-order valence-electron chi connectivity index (χ0n) is 29.4. The molecule has 0 aliphatic heterocycles. The summed E-state index contributed by atoms with van der Waals surface area (Å²) in [5.74, 6) is 4.51. The summed E-state index contributed by atoms with van der Waals surface area (Å²) in [5.41, 5.74) is 8.86. The van der Waals surface area contributed by atoms with Gasteiger partial charge in [-0.3, -0.25) is 0 Å². The van der Waals surface area contributed by atoms with Gasteiger partial charge in [-0.25, -0.2) is 0 Å². The van der Waals surface area contributed by atoms with Crippen LogP contribution >= 0.6 is 23.2 Å². The minimum atomic E-state index is 0.424. The molecule has 0 amide bonds. The number of hydrogen-bond donors (Lipinski definition) is 0. The molecule has 4 aromatic rings. The predicted molar refractivity (Wildman–Crippen MR) is 203 cm³/mol. The maximum Gasteiger partial charge on any atom is 0.126 e. The highest BCUT2D eigenvalue weighted by Gasteiger charge is 2.21. The van der Waals surface area contributed by atoms with Crippen molar-refractivity contribution in [2.75, 3.05) is 64.6 Å². The molecule has 0 heterocycles. The fourth-order valence-electron chi connectivity index (χ4n) is 6.35. The topological polar surface area (TPSA) is 55.4 Å². The van der Waals surface area contributed by atoms with Gasteiger partial charge in [0.05, 0.1) is 39.6 Å². The molecule has 0 atom stereocenters. The zero-order chi connectivity index (χ0) is 35.0. The second-order valence-electron chi connectivity index (χ2n) is 12.3. The second kappa shape index (κ2) is 20.4. The zero-order valence-corrected chi connectivity index (χ0v) is 31.0. The highest BCUT2D eigenvalue weighted by molar-refractivity contribution is 6.18. The highest BCUT2D eigenvalue weighted by Crippen LogP contribution is 2.39. The van der Waals surface area contributed by atoms with Crippen LogP contribution < -0.4 is 18.9 Å². The molecule has 0 spiro atoms. The molecule has 0 saturated carbocycles. The van der Waals surface area contributed by atoms with Crippen LogP contribution in [0.1, 0.15) is 71.2 Å². The number of halogens is 2. The van der Waals surface area contributed by atoms with E-state index in [-0.39, 0.29) is 0 Å². The number of benzene rings is 4. The van der Waals surface area contributed by atoms with Gasteiger partial charge in [0.1, 0.15) is 36.2 Å². The second-order valence-corrected chi connectivity index (χ2v) is 13.1. The Morgan fingerprint density at radius 3 is 0.880 bits per heavy atom. The number of ether oxygens (including phenoxy) is 6. The molecule has 6 nitrogen and oxygen atoms in total. The monoisotopic (exact) mass is 720 g/mol. The Kier molecular flexibility index (Phi) is 15.5. The van der Waals surface area contributed by atoms with Gasteiger partial charge in [0.15, 0.2) is 0 Å². The third-order valence-corrected chi connectivity index (χ3v) is 8.84. The van der Waals surface area contributed by atoms with E-state index >= 15 is 0 Å². The Hall–Kier alpha value is -3.42. The van der Waals surface area contributed by atoms with Crippen molar-refractivity contribution in [3.05, 3.63) is 117 Å². The van der Waals surface area contributed by atoms with Crippen molar-refractivity contribution in [3.63, 3.8) is 0 Å². The average molecular weight is 722 g/mol. The smallest absolute Gasteiger partial charge is 0.126 e. The Labute approximate surface area is 307 Å². The van der Waals surface area contributed by atoms with Crippen molar-refractivity contribution in [1.82, 2.24) is 0 Å². The van der Waals surface area contributed by atoms with E-state index < -0.39 is 0 Å². The van der Waals surface area contributed by atoms with Crippen molar-refractivity contribution < 1.29 is 28.4 Å². The van der Waals surface area contributed by atoms with Gasteiger partial charge >= 0.3 is 0 Å². The molecule has 0 unspecified atom stereocenters. The van der Waals surface area contributed by atoms with E-state index in [4.69, 9.17) is 51.6 Å². The molecule has 8 bridgehead atoms. The van der Waals surface area contributed by atoms with Crippen molar-refractivity contribution in [2.45, 2.75) is 52.4 Å². The molecule has 8 heteroatoms. The van der Waals surface area contributed by atoms with Gasteiger partial charge < -0.3 is 28.4 Å². The first-order chi connectivity index (χ1) is 24.7. The minimum absolute atomic E-state index is 0.424. The molecule has 268 valence electrons. The quantitative estimate of drug-likeness (QED) is 0.0665. The van der Waals surface area contributed by atoms with Gasteiger partial charge in [-0.2, -0.15) is 0 Å². The number of fused-ring (bicyclic) bond motifs is 8. The summed E-state index contributed by atoms with van der Waals surface area (Å²) in [7, 11) is 0. The Morgan fingerprint density at radius 1 is 0.380 bits per heavy atom. The van der Waals surface area contributed by atoms with Crippen molar-refractivity contribution in [3.8, 4) is 23.0 Å². The van der Waals surface area contributed by atoms with E-state index in [9.17, 15) is 0 Å². The predicted octanol–water partition coefficient (Wildman–Crippen LogP) is 9.21. The van der Waals surface area contributed by atoms with Crippen LogP contribution in [-0.2, 0) is 35.2 Å². The summed E-state index contributed by atoms with van der Waals surface area (Å²) in [6.07, 6.45) is 4.43. The molecule has 1 aliphatic rings. The van der Waals surface area contributed by atoms with E-state index in [1.807, 2.05) is 0 Å². The third-order valence-electron chi connectivity index (χ3n) is 8.53. The lowest BCUT2D eigenvalue weighted by Crippen LogP contribution is -2.13. The lowest BCUT2D eigenvalue weighted by Gasteiger charge is -2.22. The molecular formula is C42H50Cl2O6. The van der Waals surface area contributed by atoms with Gasteiger partial charge in [0, 0.05) is 37.4 Å². The Balaban J connectivity index is 1.65. The van der Waals surface area contributed by atoms with Gasteiger partial charge in [-0.05, 0) is 57.3 Å². The number of alkyl halides is 2. The first-order valence-electron chi connectivity index (χ1n) is 17.9. The van der Waals surface area contributed by atoms with Gasteiger partial charge in [0.2, 0.25) is 0 Å². The average Bonchev–Trinajstić information content (AvgIpc) is 3.12. The van der Waals surface area contributed by atoms with E-state index in [0.717, 1.165) is 80.3 Å². The molecule has 0 N–H and O–H groups in total. The first-order valence-corrected chi connectivity index (χ1v) is 18.9. The number of hydrogen-bond acceptors (Lipinski definition) is 6. The van der Waals surface area contributed by atoms with Crippen molar-refractivity contribution >= 4 is 23.2 Å². The molecule has 0 aromatic heterocycles. The molecule has 0 fully saturated rings. The molecule has 1 aliphatic carbocycles. The van der Waals surface area contributed by atoms with Gasteiger partial charge in [-0.15, -0.1) is 23.2 Å². The Bertz CT molecular complexity index is 1440. The van der Waals surface area contributed by atoms with Gasteiger partial charge in [-0.1, -0.05) is 86.6 Å². The first kappa shape index (κ1) is 37.8. The SMILES string of the molecule is CCCOc1c2cccc1Cc1cccc(c1OCCOCCCl)Cc1cccc(c1OCCC)Cc1cccc(c1OCCOCCCl)C2. The van der Waals surface area contributed by atoms with Crippen LogP contribution in [0.3, 0.4) is 0 Å². The van der Waals surface area contributed by atoms with Crippen LogP contribution in [0.15, 0.2) is 72.8 Å². The molecule has 0 saturated heterocycles. The van der Waals surface area contributed by atoms with E-state index in [0.29, 0.717) is 90.3 Å². The summed E-state index contributed by atoms with van der Waals surface area (Å²) >= 11 is 11.7. The summed E-state index contributed by atoms with van der Waals surface area (Å²) in [6.45, 7) is 8.28. The number of para-hydroxylation sites is 4. The van der Waals surface area contributed by atoms with Crippen molar-refractivity contribution in [2.24, 2.45) is 0 Å². The third kappa shape index (κ3) is 10.3. The maximum absolute atomic E-state index is 6.57. The molecule has 50 heavy (non-hydrogen) atoms. The van der Waals surface area contributed by atoms with Crippen LogP contribution in [0.2, 0.25) is 0 Å². The summed E-state index contributed by atoms with van der Waals surface area (Å²) < 4.78 is 37.6. The van der Waals surface area contributed by atoms with Crippen LogP contribution in [0, 0.1) is 0 Å². The summed E-state index contributed by atoms with van der Waals surface area (Å²) in [4.78, 5) is 0. The number of rotatable bonds is 18. The largest absolute Gasteiger partial charge is 0.493 e. The van der Waals surface area contributed by atoms with Crippen LogP contribution in [0.5, 0.6) is 23.0 Å². The minimum Gasteiger partial charge on any atom is -0.493 e. The lowest BCUT2D eigenvalue weighted by atomic mass is 9.91. The lowest BCUT2D eigenvalue weighted by molar-refractivity contribution is 0.111. The summed E-state index contributed by atoms with van der Waals surface area (Å²) in [5, 5.41) is 0. The molecule has 4 aromatic carbocycles. The molecule has 0 radical (unpaired) electrons. The van der Waals surface area contributed by atoms with E-state index in [1.54, 1.807) is 0 Å². The maximum atomic E-state index is 6.57. The molecule has 5 rings (SSSR count). The normalized spacial score (nSPS) is 12.4. The van der Waals surface area contributed by atoms with E-state index in [1.165, 1.54) is 0 Å². The van der Waals surface area contributed by atoms with Crippen LogP contribution in [0.4, 0.5) is 0 Å².